The molecule has 0 bridgehead atoms. The zero-order valence-electron chi connectivity index (χ0n) is 20.6. The molecule has 0 saturated carbocycles. The standard InChI is InChI=1S/C27H42O6/c1-4-7-10-13-16-19-20(17-14-11-8-5-2)23(26(30)31)24(27(32)33)21(22(19)25(28)29)18-15-12-9-6-3/h4-18H2,1-3H3,(H,28,29)(H,30,31)(H,32,33)/p-3. The molecule has 6 nitrogen and oxygen atoms in total. The van der Waals surface area contributed by atoms with E-state index in [0.717, 1.165) is 57.8 Å². The minimum Gasteiger partial charge on any atom is -0.545 e. The van der Waals surface area contributed by atoms with Gasteiger partial charge in [0.05, 0.1) is 17.9 Å². The minimum atomic E-state index is -1.67. The van der Waals surface area contributed by atoms with E-state index in [0.29, 0.717) is 37.7 Å². The first-order chi connectivity index (χ1) is 15.8. The largest absolute Gasteiger partial charge is 0.545 e. The summed E-state index contributed by atoms with van der Waals surface area (Å²) in [6, 6.07) is 0. The van der Waals surface area contributed by atoms with Gasteiger partial charge in [-0.1, -0.05) is 78.6 Å². The van der Waals surface area contributed by atoms with Crippen molar-refractivity contribution >= 4 is 17.9 Å². The number of hydrogen-bond donors (Lipinski definition) is 0. The fourth-order valence-corrected chi connectivity index (χ4v) is 4.60. The van der Waals surface area contributed by atoms with Crippen molar-refractivity contribution in [2.75, 3.05) is 0 Å². The summed E-state index contributed by atoms with van der Waals surface area (Å²) >= 11 is 0. The van der Waals surface area contributed by atoms with Crippen molar-refractivity contribution in [3.63, 3.8) is 0 Å². The molecule has 0 spiro atoms. The van der Waals surface area contributed by atoms with E-state index >= 15 is 0 Å². The number of hydrogen-bond acceptors (Lipinski definition) is 6. The van der Waals surface area contributed by atoms with E-state index in [9.17, 15) is 29.7 Å². The Bertz CT molecular complexity index is 797. The van der Waals surface area contributed by atoms with Crippen LogP contribution in [0.1, 0.15) is 146 Å². The van der Waals surface area contributed by atoms with E-state index in [1.807, 2.05) is 6.92 Å². The van der Waals surface area contributed by atoms with Gasteiger partial charge >= 0.3 is 0 Å². The highest BCUT2D eigenvalue weighted by atomic mass is 16.4. The lowest BCUT2D eigenvalue weighted by Crippen LogP contribution is -2.36. The fraction of sp³-hybridized carbons (Fsp3) is 0.667. The normalized spacial score (nSPS) is 11.0. The Labute approximate surface area is 198 Å². The Hall–Kier alpha value is -2.37. The summed E-state index contributed by atoms with van der Waals surface area (Å²) in [5.74, 6) is -4.71. The van der Waals surface area contributed by atoms with Crippen LogP contribution in [-0.2, 0) is 19.3 Å². The third-order valence-electron chi connectivity index (χ3n) is 6.27. The first-order valence-electron chi connectivity index (χ1n) is 12.7. The Balaban J connectivity index is 3.73. The zero-order valence-corrected chi connectivity index (χ0v) is 20.6. The van der Waals surface area contributed by atoms with Crippen LogP contribution in [-0.4, -0.2) is 17.9 Å². The van der Waals surface area contributed by atoms with E-state index in [1.54, 1.807) is 0 Å². The molecule has 0 atom stereocenters. The molecule has 1 rings (SSSR count). The molecule has 33 heavy (non-hydrogen) atoms. The van der Waals surface area contributed by atoms with Gasteiger partial charge in [-0.2, -0.15) is 0 Å². The molecule has 0 amide bonds. The molecule has 0 aliphatic carbocycles. The van der Waals surface area contributed by atoms with Gasteiger partial charge in [-0.05, 0) is 55.2 Å². The van der Waals surface area contributed by atoms with E-state index in [4.69, 9.17) is 0 Å². The lowest BCUT2D eigenvalue weighted by molar-refractivity contribution is -0.260. The summed E-state index contributed by atoms with van der Waals surface area (Å²) in [5, 5.41) is 36.7. The maximum Gasteiger partial charge on any atom is 0.0725 e. The van der Waals surface area contributed by atoms with Gasteiger partial charge in [-0.3, -0.25) is 0 Å². The average Bonchev–Trinajstić information content (AvgIpc) is 2.76. The van der Waals surface area contributed by atoms with Crippen molar-refractivity contribution in [1.29, 1.82) is 0 Å². The van der Waals surface area contributed by atoms with Crippen LogP contribution in [0, 0.1) is 0 Å². The molecule has 0 aliphatic heterocycles. The zero-order chi connectivity index (χ0) is 24.8. The second kappa shape index (κ2) is 15.5. The predicted octanol–water partition coefficient (Wildman–Crippen LogP) is 3.15. The molecule has 0 aliphatic rings. The van der Waals surface area contributed by atoms with Crippen molar-refractivity contribution in [2.24, 2.45) is 0 Å². The summed E-state index contributed by atoms with van der Waals surface area (Å²) in [4.78, 5) is 36.7. The highest BCUT2D eigenvalue weighted by Gasteiger charge is 2.25. The van der Waals surface area contributed by atoms with Crippen LogP contribution in [0.25, 0.3) is 0 Å². The topological polar surface area (TPSA) is 120 Å². The van der Waals surface area contributed by atoms with Gasteiger partial charge in [0.25, 0.3) is 0 Å². The number of carboxylic acids is 3. The number of carboxylic acid groups (broad SMARTS) is 3. The second-order valence-corrected chi connectivity index (χ2v) is 8.86. The smallest absolute Gasteiger partial charge is 0.0725 e. The van der Waals surface area contributed by atoms with Crippen molar-refractivity contribution in [3.8, 4) is 0 Å². The van der Waals surface area contributed by atoms with Crippen LogP contribution in [0.15, 0.2) is 0 Å². The van der Waals surface area contributed by atoms with Crippen molar-refractivity contribution < 1.29 is 29.7 Å². The van der Waals surface area contributed by atoms with Gasteiger partial charge in [0, 0.05) is 16.7 Å². The van der Waals surface area contributed by atoms with Gasteiger partial charge in [-0.25, -0.2) is 0 Å². The van der Waals surface area contributed by atoms with Crippen LogP contribution < -0.4 is 15.3 Å². The third-order valence-corrected chi connectivity index (χ3v) is 6.27. The summed E-state index contributed by atoms with van der Waals surface area (Å²) in [7, 11) is 0. The van der Waals surface area contributed by atoms with Gasteiger partial charge in [0.15, 0.2) is 0 Å². The molecule has 0 N–H and O–H groups in total. The quantitative estimate of drug-likeness (QED) is 0.311. The summed E-state index contributed by atoms with van der Waals surface area (Å²) in [6.45, 7) is 6.17. The van der Waals surface area contributed by atoms with E-state index in [-0.39, 0.29) is 23.1 Å². The molecule has 0 heterocycles. The molecule has 0 fully saturated rings. The highest BCUT2D eigenvalue weighted by Crippen LogP contribution is 2.32. The summed E-state index contributed by atoms with van der Waals surface area (Å²) in [6.07, 6.45) is 11.1. The van der Waals surface area contributed by atoms with Gasteiger partial charge < -0.3 is 29.7 Å². The van der Waals surface area contributed by atoms with E-state index < -0.39 is 29.0 Å². The Kier molecular flexibility index (Phi) is 13.4. The van der Waals surface area contributed by atoms with Gasteiger partial charge in [0.2, 0.25) is 0 Å². The first kappa shape index (κ1) is 28.7. The minimum absolute atomic E-state index is 0.0214. The molecule has 186 valence electrons. The summed E-state index contributed by atoms with van der Waals surface area (Å²) < 4.78 is 0. The number of aromatic carboxylic acids is 3. The molecule has 1 aromatic rings. The summed E-state index contributed by atoms with van der Waals surface area (Å²) in [5.41, 5.74) is -0.359. The maximum atomic E-state index is 12.3. The Morgan fingerprint density at radius 3 is 1.09 bits per heavy atom. The van der Waals surface area contributed by atoms with Crippen LogP contribution in [0.5, 0.6) is 0 Å². The molecule has 1 aromatic carbocycles. The van der Waals surface area contributed by atoms with Crippen LogP contribution >= 0.6 is 0 Å². The molecule has 0 aromatic heterocycles. The Morgan fingerprint density at radius 2 is 0.758 bits per heavy atom. The Morgan fingerprint density at radius 1 is 0.455 bits per heavy atom. The molecule has 6 heteroatoms. The van der Waals surface area contributed by atoms with Gasteiger partial charge in [0.1, 0.15) is 0 Å². The molecular formula is C27H39O6-3. The predicted molar refractivity (Wildman–Crippen MR) is 123 cm³/mol. The van der Waals surface area contributed by atoms with Crippen molar-refractivity contribution in [3.05, 3.63) is 33.4 Å². The lowest BCUT2D eigenvalue weighted by Gasteiger charge is -2.28. The first-order valence-corrected chi connectivity index (χ1v) is 12.7. The van der Waals surface area contributed by atoms with Crippen LogP contribution in [0.4, 0.5) is 0 Å². The average molecular weight is 460 g/mol. The van der Waals surface area contributed by atoms with Crippen LogP contribution in [0.3, 0.4) is 0 Å². The highest BCUT2D eigenvalue weighted by molar-refractivity contribution is 6.06. The van der Waals surface area contributed by atoms with E-state index in [2.05, 4.69) is 13.8 Å². The number of carbonyl (C=O) groups is 3. The number of unbranched alkanes of at least 4 members (excludes halogenated alkanes) is 9. The number of benzene rings is 1. The number of rotatable bonds is 18. The molecule has 0 saturated heterocycles. The maximum absolute atomic E-state index is 12.3. The number of carbonyl (C=O) groups excluding carboxylic acids is 3. The van der Waals surface area contributed by atoms with Crippen molar-refractivity contribution in [1.82, 2.24) is 0 Å². The molecular weight excluding hydrogens is 420 g/mol. The van der Waals surface area contributed by atoms with Crippen LogP contribution in [0.2, 0.25) is 0 Å². The van der Waals surface area contributed by atoms with E-state index in [1.165, 1.54) is 0 Å². The lowest BCUT2D eigenvalue weighted by atomic mass is 9.81. The fourth-order valence-electron chi connectivity index (χ4n) is 4.60. The van der Waals surface area contributed by atoms with Crippen molar-refractivity contribution in [2.45, 2.75) is 117 Å². The van der Waals surface area contributed by atoms with Gasteiger partial charge in [-0.15, -0.1) is 0 Å². The third kappa shape index (κ3) is 8.49. The molecule has 0 radical (unpaired) electrons. The molecule has 0 unspecified atom stereocenters. The monoisotopic (exact) mass is 459 g/mol. The SMILES string of the molecule is CCCCCCc1c(CCCCCC)c(C(=O)[O-])c(C(=O)[O-])c(CCCCCC)c1C(=O)[O-]. The second-order valence-electron chi connectivity index (χ2n) is 8.86.